The Morgan fingerprint density at radius 1 is 0.946 bits per heavy atom. The van der Waals surface area contributed by atoms with Crippen molar-refractivity contribution in [3.05, 3.63) is 35.4 Å². The summed E-state index contributed by atoms with van der Waals surface area (Å²) in [6.07, 6.45) is 16.7. The molecule has 4 aliphatic carbocycles. The van der Waals surface area contributed by atoms with Crippen LogP contribution in [0.15, 0.2) is 24.3 Å². The molecule has 1 aromatic rings. The highest BCUT2D eigenvalue weighted by molar-refractivity contribution is 5.82. The zero-order chi connectivity index (χ0) is 25.8. The number of benzene rings is 1. The van der Waals surface area contributed by atoms with Gasteiger partial charge >= 0.3 is 0 Å². The van der Waals surface area contributed by atoms with Gasteiger partial charge in [0.2, 0.25) is 5.91 Å². The Bertz CT molecular complexity index is 954. The van der Waals surface area contributed by atoms with E-state index in [1.807, 2.05) is 0 Å². The average Bonchev–Trinajstić information content (AvgIpc) is 3.69. The molecule has 5 aliphatic rings. The van der Waals surface area contributed by atoms with Gasteiger partial charge in [-0.05, 0) is 130 Å². The lowest BCUT2D eigenvalue weighted by atomic mass is 9.54. The summed E-state index contributed by atoms with van der Waals surface area (Å²) >= 11 is 0. The van der Waals surface area contributed by atoms with Gasteiger partial charge < -0.3 is 10.1 Å². The molecule has 1 aromatic carbocycles. The fraction of sp³-hybridized carbons (Fsp3) is 0.794. The highest BCUT2D eigenvalue weighted by atomic mass is 16.5. The fourth-order valence-electron chi connectivity index (χ4n) is 9.11. The maximum atomic E-state index is 12.6. The lowest BCUT2D eigenvalue weighted by Crippen LogP contribution is -2.58. The van der Waals surface area contributed by atoms with E-state index < -0.39 is 0 Å². The van der Waals surface area contributed by atoms with Crippen LogP contribution in [-0.2, 0) is 16.0 Å². The Kier molecular flexibility index (Phi) is 6.78. The third-order valence-electron chi connectivity index (χ3n) is 11.6. The van der Waals surface area contributed by atoms with Crippen molar-refractivity contribution < 1.29 is 9.53 Å². The van der Waals surface area contributed by atoms with Gasteiger partial charge in [0.1, 0.15) is 0 Å². The van der Waals surface area contributed by atoms with Crippen molar-refractivity contribution in [2.24, 2.45) is 34.5 Å². The Morgan fingerprint density at radius 2 is 1.68 bits per heavy atom. The first kappa shape index (κ1) is 25.9. The van der Waals surface area contributed by atoms with E-state index in [0.717, 1.165) is 49.5 Å². The molecule has 5 unspecified atom stereocenters. The van der Waals surface area contributed by atoms with Crippen LogP contribution in [0.5, 0.6) is 0 Å². The predicted octanol–water partition coefficient (Wildman–Crippen LogP) is 7.82. The molecular weight excluding hydrogens is 454 g/mol. The molecule has 1 N–H and O–H groups in total. The van der Waals surface area contributed by atoms with Gasteiger partial charge in [-0.3, -0.25) is 4.79 Å². The van der Waals surface area contributed by atoms with Gasteiger partial charge in [-0.2, -0.15) is 0 Å². The molecule has 0 aromatic heterocycles. The summed E-state index contributed by atoms with van der Waals surface area (Å²) in [5.41, 5.74) is 3.03. The number of amides is 1. The van der Waals surface area contributed by atoms with Crippen molar-refractivity contribution in [2.75, 3.05) is 6.61 Å². The number of ether oxygens (including phenoxy) is 1. The molecule has 1 saturated heterocycles. The zero-order valence-corrected chi connectivity index (χ0v) is 24.0. The summed E-state index contributed by atoms with van der Waals surface area (Å²) in [5.74, 6) is 4.27. The molecule has 204 valence electrons. The predicted molar refractivity (Wildman–Crippen MR) is 150 cm³/mol. The smallest absolute Gasteiger partial charge is 0.226 e. The van der Waals surface area contributed by atoms with Crippen molar-refractivity contribution >= 4 is 5.91 Å². The largest absolute Gasteiger partial charge is 0.374 e. The molecule has 5 atom stereocenters. The van der Waals surface area contributed by atoms with Crippen molar-refractivity contribution in [3.8, 4) is 0 Å². The molecule has 1 aliphatic heterocycles. The summed E-state index contributed by atoms with van der Waals surface area (Å²) in [5, 5.41) is 3.19. The van der Waals surface area contributed by atoms with Gasteiger partial charge in [0, 0.05) is 11.5 Å². The number of fused-ring (bicyclic) bond motifs is 3. The molecule has 4 saturated carbocycles. The number of carbonyl (C=O) groups excluding carboxylic acids is 1. The second-order valence-corrected chi connectivity index (χ2v) is 15.1. The second kappa shape index (κ2) is 9.68. The first-order valence-electron chi connectivity index (χ1n) is 15.7. The van der Waals surface area contributed by atoms with Gasteiger partial charge in [0.05, 0.1) is 12.2 Å². The summed E-state index contributed by atoms with van der Waals surface area (Å²) in [6.45, 7) is 10.2. The SMILES string of the molecule is CC1CC2CC(C)C3(CCC4(CCC(c5ccc(CC(C)(C)C(=O)NC6CC6)cc5)CC4)CO3)C(C1)C2. The summed E-state index contributed by atoms with van der Waals surface area (Å²) in [6, 6.07) is 9.69. The molecule has 2 bridgehead atoms. The van der Waals surface area contributed by atoms with Gasteiger partial charge in [0.15, 0.2) is 0 Å². The Labute approximate surface area is 225 Å². The molecule has 3 heteroatoms. The molecule has 6 rings (SSSR count). The van der Waals surface area contributed by atoms with E-state index in [1.54, 1.807) is 0 Å². The molecule has 3 nitrogen and oxygen atoms in total. The maximum Gasteiger partial charge on any atom is 0.226 e. The molecule has 37 heavy (non-hydrogen) atoms. The first-order chi connectivity index (χ1) is 17.7. The lowest BCUT2D eigenvalue weighted by Gasteiger charge is -2.59. The summed E-state index contributed by atoms with van der Waals surface area (Å²) in [4.78, 5) is 12.6. The van der Waals surface area contributed by atoms with Crippen LogP contribution >= 0.6 is 0 Å². The van der Waals surface area contributed by atoms with Crippen LogP contribution in [0.2, 0.25) is 0 Å². The number of rotatable bonds is 5. The van der Waals surface area contributed by atoms with E-state index in [1.165, 1.54) is 75.3 Å². The van der Waals surface area contributed by atoms with E-state index in [2.05, 4.69) is 57.3 Å². The van der Waals surface area contributed by atoms with Gasteiger partial charge in [0.25, 0.3) is 0 Å². The standard InChI is InChI=1S/C34H51NO2/c1-23-17-26-19-24(2)34(29(18-23)20-26)16-15-33(22-37-34)13-11-28(12-14-33)27-7-5-25(6-8-27)21-32(3,4)31(36)35-30-9-10-30/h5-8,23-24,26,28-30H,9-22H2,1-4H3,(H,35,36). The number of hydrogen-bond donors (Lipinski definition) is 1. The highest BCUT2D eigenvalue weighted by Crippen LogP contribution is 2.58. The van der Waals surface area contributed by atoms with Crippen molar-refractivity contribution in [3.63, 3.8) is 0 Å². The minimum atomic E-state index is -0.355. The average molecular weight is 506 g/mol. The van der Waals surface area contributed by atoms with Gasteiger partial charge in [-0.15, -0.1) is 0 Å². The minimum absolute atomic E-state index is 0.187. The fourth-order valence-corrected chi connectivity index (χ4v) is 9.11. The Balaban J connectivity index is 1.03. The van der Waals surface area contributed by atoms with Crippen molar-refractivity contribution in [1.82, 2.24) is 5.32 Å². The number of hydrogen-bond acceptors (Lipinski definition) is 2. The van der Waals surface area contributed by atoms with Crippen LogP contribution in [0, 0.1) is 34.5 Å². The maximum absolute atomic E-state index is 12.6. The van der Waals surface area contributed by atoms with Crippen LogP contribution in [0.1, 0.15) is 122 Å². The molecule has 5 fully saturated rings. The van der Waals surface area contributed by atoms with E-state index in [0.29, 0.717) is 17.4 Å². The minimum Gasteiger partial charge on any atom is -0.374 e. The number of nitrogens with one attached hydrogen (secondary N) is 1. The van der Waals surface area contributed by atoms with Crippen LogP contribution < -0.4 is 5.32 Å². The van der Waals surface area contributed by atoms with Gasteiger partial charge in [-0.1, -0.05) is 52.0 Å². The third-order valence-corrected chi connectivity index (χ3v) is 11.6. The Morgan fingerprint density at radius 3 is 2.32 bits per heavy atom. The third kappa shape index (κ3) is 5.15. The van der Waals surface area contributed by atoms with E-state index in [4.69, 9.17) is 4.74 Å². The second-order valence-electron chi connectivity index (χ2n) is 15.1. The molecule has 1 amide bonds. The molecule has 0 radical (unpaired) electrons. The van der Waals surface area contributed by atoms with Crippen LogP contribution in [0.25, 0.3) is 0 Å². The quantitative estimate of drug-likeness (QED) is 0.443. The van der Waals surface area contributed by atoms with Crippen molar-refractivity contribution in [1.29, 1.82) is 0 Å². The van der Waals surface area contributed by atoms with Crippen LogP contribution in [0.3, 0.4) is 0 Å². The summed E-state index contributed by atoms with van der Waals surface area (Å²) in [7, 11) is 0. The molecule has 1 heterocycles. The first-order valence-corrected chi connectivity index (χ1v) is 15.7. The van der Waals surface area contributed by atoms with Crippen LogP contribution in [0.4, 0.5) is 0 Å². The zero-order valence-electron chi connectivity index (χ0n) is 24.0. The van der Waals surface area contributed by atoms with Crippen molar-refractivity contribution in [2.45, 2.75) is 129 Å². The topological polar surface area (TPSA) is 38.3 Å². The lowest BCUT2D eigenvalue weighted by molar-refractivity contribution is -0.222. The normalized spacial score (nSPS) is 40.1. The Hall–Kier alpha value is -1.35. The number of carbonyl (C=O) groups is 1. The van der Waals surface area contributed by atoms with E-state index >= 15 is 0 Å². The van der Waals surface area contributed by atoms with Gasteiger partial charge in [-0.25, -0.2) is 0 Å². The van der Waals surface area contributed by atoms with E-state index in [9.17, 15) is 4.79 Å². The monoisotopic (exact) mass is 505 g/mol. The van der Waals surface area contributed by atoms with E-state index in [-0.39, 0.29) is 16.9 Å². The molecule has 2 spiro atoms. The van der Waals surface area contributed by atoms with Crippen LogP contribution in [-0.4, -0.2) is 24.2 Å². The highest BCUT2D eigenvalue weighted by Gasteiger charge is 2.55. The summed E-state index contributed by atoms with van der Waals surface area (Å²) < 4.78 is 7.06. The molecular formula is C34H51NO2.